The zero-order chi connectivity index (χ0) is 20.6. The zero-order valence-electron chi connectivity index (χ0n) is 15.2. The summed E-state index contributed by atoms with van der Waals surface area (Å²) in [5.74, 6) is 0.239. The maximum Gasteiger partial charge on any atom is 0.260 e. The van der Waals surface area contributed by atoms with E-state index >= 15 is 0 Å². The number of furan rings is 1. The number of halogens is 1. The number of hydrogen-bond donors (Lipinski definition) is 0. The van der Waals surface area contributed by atoms with Crippen LogP contribution in [-0.4, -0.2) is 25.6 Å². The summed E-state index contributed by atoms with van der Waals surface area (Å²) >= 11 is 4.82. The molecule has 0 atom stereocenters. The van der Waals surface area contributed by atoms with Gasteiger partial charge in [0.15, 0.2) is 15.0 Å². The number of fused-ring (bicyclic) bond motifs is 1. The van der Waals surface area contributed by atoms with Crippen LogP contribution in [0.25, 0.3) is 10.2 Å². The number of anilines is 1. The Balaban J connectivity index is 1.78. The lowest BCUT2D eigenvalue weighted by molar-refractivity contribution is 0.0983. The number of aromatic nitrogens is 1. The van der Waals surface area contributed by atoms with Crippen LogP contribution in [0.3, 0.4) is 0 Å². The van der Waals surface area contributed by atoms with Crippen LogP contribution < -0.4 is 4.90 Å². The molecule has 2 heterocycles. The average Bonchev–Trinajstić information content (AvgIpc) is 3.34. The van der Waals surface area contributed by atoms with Crippen molar-refractivity contribution in [3.8, 4) is 0 Å². The van der Waals surface area contributed by atoms with E-state index in [1.54, 1.807) is 24.3 Å². The van der Waals surface area contributed by atoms with E-state index in [4.69, 9.17) is 4.42 Å². The third kappa shape index (κ3) is 4.26. The van der Waals surface area contributed by atoms with Gasteiger partial charge in [0, 0.05) is 16.3 Å². The van der Waals surface area contributed by atoms with E-state index in [1.165, 1.54) is 34.6 Å². The number of hydrogen-bond acceptors (Lipinski definition) is 6. The third-order valence-corrected chi connectivity index (χ3v) is 6.86. The number of sulfone groups is 1. The molecular weight excluding hydrogens is 476 g/mol. The molecule has 4 aromatic rings. The van der Waals surface area contributed by atoms with Gasteiger partial charge in [-0.15, -0.1) is 0 Å². The fraction of sp³-hybridized carbons (Fsp3) is 0.100. The first-order chi connectivity index (χ1) is 13.8. The number of carbonyl (C=O) groups is 1. The second-order valence-corrected chi connectivity index (χ2v) is 10.3. The minimum Gasteiger partial charge on any atom is -0.467 e. The van der Waals surface area contributed by atoms with E-state index in [0.29, 0.717) is 10.9 Å². The number of nitrogens with zero attached hydrogens (tertiary/aromatic N) is 2. The highest BCUT2D eigenvalue weighted by molar-refractivity contribution is 9.10. The molecule has 148 valence electrons. The van der Waals surface area contributed by atoms with Crippen molar-refractivity contribution < 1.29 is 17.6 Å². The maximum atomic E-state index is 13.3. The minimum absolute atomic E-state index is 0.0922. The fourth-order valence-electron chi connectivity index (χ4n) is 2.80. The molecule has 6 nitrogen and oxygen atoms in total. The molecule has 0 radical (unpaired) electrons. The number of thiazole rings is 1. The largest absolute Gasteiger partial charge is 0.467 e. The second kappa shape index (κ2) is 7.74. The number of amides is 1. The predicted molar refractivity (Wildman–Crippen MR) is 116 cm³/mol. The molecule has 0 fully saturated rings. The summed E-state index contributed by atoms with van der Waals surface area (Å²) in [5.41, 5.74) is 1.04. The third-order valence-electron chi connectivity index (χ3n) is 4.22. The molecule has 9 heteroatoms. The lowest BCUT2D eigenvalue weighted by atomic mass is 10.2. The minimum atomic E-state index is -3.43. The summed E-state index contributed by atoms with van der Waals surface area (Å²) < 4.78 is 31.1. The van der Waals surface area contributed by atoms with Crippen molar-refractivity contribution in [2.45, 2.75) is 11.4 Å². The molecule has 0 unspecified atom stereocenters. The molecule has 0 bridgehead atoms. The first kappa shape index (κ1) is 19.8. The second-order valence-electron chi connectivity index (χ2n) is 6.38. The first-order valence-corrected chi connectivity index (χ1v) is 12.0. The van der Waals surface area contributed by atoms with Crippen molar-refractivity contribution in [2.24, 2.45) is 0 Å². The maximum absolute atomic E-state index is 13.3. The van der Waals surface area contributed by atoms with E-state index in [9.17, 15) is 13.2 Å². The highest BCUT2D eigenvalue weighted by atomic mass is 79.9. The summed E-state index contributed by atoms with van der Waals surface area (Å²) in [4.78, 5) is 19.5. The van der Waals surface area contributed by atoms with Gasteiger partial charge in [-0.2, -0.15) is 0 Å². The molecule has 0 aliphatic rings. The van der Waals surface area contributed by atoms with E-state index in [-0.39, 0.29) is 22.9 Å². The fourth-order valence-corrected chi connectivity index (χ4v) is 4.98. The molecule has 4 rings (SSSR count). The Labute approximate surface area is 179 Å². The van der Waals surface area contributed by atoms with Gasteiger partial charge in [0.1, 0.15) is 5.76 Å². The Hall–Kier alpha value is -2.49. The number of benzene rings is 2. The normalized spacial score (nSPS) is 11.7. The highest BCUT2D eigenvalue weighted by Crippen LogP contribution is 2.32. The van der Waals surface area contributed by atoms with Gasteiger partial charge in [0.2, 0.25) is 0 Å². The highest BCUT2D eigenvalue weighted by Gasteiger charge is 2.24. The molecule has 2 aromatic heterocycles. The van der Waals surface area contributed by atoms with Crippen LogP contribution in [0.5, 0.6) is 0 Å². The average molecular weight is 491 g/mol. The van der Waals surface area contributed by atoms with E-state index in [0.717, 1.165) is 20.9 Å². The monoisotopic (exact) mass is 490 g/mol. The van der Waals surface area contributed by atoms with Crippen LogP contribution in [0.4, 0.5) is 5.13 Å². The molecule has 0 aliphatic carbocycles. The summed E-state index contributed by atoms with van der Waals surface area (Å²) in [6, 6.07) is 15.2. The van der Waals surface area contributed by atoms with Gasteiger partial charge in [0.25, 0.3) is 5.91 Å². The van der Waals surface area contributed by atoms with Crippen LogP contribution in [0.15, 0.2) is 74.6 Å². The predicted octanol–water partition coefficient (Wildman–Crippen LogP) is 4.90. The quantitative estimate of drug-likeness (QED) is 0.397. The summed E-state index contributed by atoms with van der Waals surface area (Å²) in [6.45, 7) is 0.177. The lowest BCUT2D eigenvalue weighted by Crippen LogP contribution is -2.30. The van der Waals surface area contributed by atoms with Gasteiger partial charge in [-0.1, -0.05) is 33.3 Å². The van der Waals surface area contributed by atoms with Crippen LogP contribution in [0.1, 0.15) is 16.1 Å². The molecule has 1 amide bonds. The standard InChI is InChI=1S/C20H15BrN2O4S2/c1-29(25,26)16-6-2-4-13(10-16)19(24)23(12-15-5-3-9-27-15)20-22-17-8-7-14(21)11-18(17)28-20/h2-11H,12H2,1H3. The summed E-state index contributed by atoms with van der Waals surface area (Å²) in [5, 5.41) is 0.504. The molecule has 29 heavy (non-hydrogen) atoms. The topological polar surface area (TPSA) is 80.5 Å². The Morgan fingerprint density at radius 2 is 2.00 bits per heavy atom. The van der Waals surface area contributed by atoms with Crippen molar-refractivity contribution in [3.05, 3.63) is 76.7 Å². The number of rotatable bonds is 5. The molecule has 2 aromatic carbocycles. The molecule has 0 N–H and O–H groups in total. The van der Waals surface area contributed by atoms with Crippen LogP contribution in [0, 0.1) is 0 Å². The SMILES string of the molecule is CS(=O)(=O)c1cccc(C(=O)N(Cc2ccco2)c2nc3ccc(Br)cc3s2)c1. The molecule has 0 saturated heterocycles. The number of carbonyl (C=O) groups excluding carboxylic acids is 1. The van der Waals surface area contributed by atoms with Crippen molar-refractivity contribution in [1.82, 2.24) is 4.98 Å². The van der Waals surface area contributed by atoms with Crippen LogP contribution in [0.2, 0.25) is 0 Å². The van der Waals surface area contributed by atoms with Crippen LogP contribution in [-0.2, 0) is 16.4 Å². The Kier molecular flexibility index (Phi) is 5.28. The molecule has 0 saturated carbocycles. The van der Waals surface area contributed by atoms with Gasteiger partial charge in [0.05, 0.1) is 27.9 Å². The van der Waals surface area contributed by atoms with Gasteiger partial charge in [-0.05, 0) is 48.5 Å². The van der Waals surface area contributed by atoms with E-state index < -0.39 is 9.84 Å². The Bertz CT molecular complexity index is 1300. The van der Waals surface area contributed by atoms with Gasteiger partial charge in [-0.3, -0.25) is 9.69 Å². The molecular formula is C20H15BrN2O4S2. The Morgan fingerprint density at radius 3 is 2.72 bits per heavy atom. The Morgan fingerprint density at radius 1 is 1.17 bits per heavy atom. The van der Waals surface area contributed by atoms with E-state index in [2.05, 4.69) is 20.9 Å². The van der Waals surface area contributed by atoms with Gasteiger partial charge >= 0.3 is 0 Å². The first-order valence-electron chi connectivity index (χ1n) is 8.52. The zero-order valence-corrected chi connectivity index (χ0v) is 18.4. The molecule has 0 spiro atoms. The van der Waals surface area contributed by atoms with Crippen molar-refractivity contribution >= 4 is 58.4 Å². The van der Waals surface area contributed by atoms with E-state index in [1.807, 2.05) is 18.2 Å². The van der Waals surface area contributed by atoms with Crippen molar-refractivity contribution in [2.75, 3.05) is 11.2 Å². The lowest BCUT2D eigenvalue weighted by Gasteiger charge is -2.19. The smallest absolute Gasteiger partial charge is 0.260 e. The molecule has 0 aliphatic heterocycles. The van der Waals surface area contributed by atoms with Crippen molar-refractivity contribution in [1.29, 1.82) is 0 Å². The summed E-state index contributed by atoms with van der Waals surface area (Å²) in [7, 11) is -3.43. The van der Waals surface area contributed by atoms with Gasteiger partial charge in [-0.25, -0.2) is 13.4 Å². The summed E-state index contributed by atoms with van der Waals surface area (Å²) in [6.07, 6.45) is 2.65. The van der Waals surface area contributed by atoms with Gasteiger partial charge < -0.3 is 4.42 Å². The van der Waals surface area contributed by atoms with Crippen LogP contribution >= 0.6 is 27.3 Å². The van der Waals surface area contributed by atoms with Crippen molar-refractivity contribution in [3.63, 3.8) is 0 Å².